The van der Waals surface area contributed by atoms with Crippen LogP contribution in [0.3, 0.4) is 0 Å². The SMILES string of the molecule is Cc1[nH]nc2cc(-c3cc(F)c(Cn4cc5ncccc5c4O)c(F)c3)ccc12. The van der Waals surface area contributed by atoms with E-state index in [9.17, 15) is 13.9 Å². The molecule has 0 amide bonds. The molecule has 0 saturated heterocycles. The van der Waals surface area contributed by atoms with E-state index >= 15 is 0 Å². The highest BCUT2D eigenvalue weighted by atomic mass is 19.1. The number of benzene rings is 2. The van der Waals surface area contributed by atoms with Gasteiger partial charge in [0.15, 0.2) is 0 Å². The van der Waals surface area contributed by atoms with E-state index in [1.54, 1.807) is 30.6 Å². The monoisotopic (exact) mass is 390 g/mol. The fourth-order valence-electron chi connectivity index (χ4n) is 3.61. The van der Waals surface area contributed by atoms with Gasteiger partial charge in [-0.25, -0.2) is 8.78 Å². The van der Waals surface area contributed by atoms with Crippen LogP contribution >= 0.6 is 0 Å². The Morgan fingerprint density at radius 2 is 1.79 bits per heavy atom. The molecule has 0 spiro atoms. The van der Waals surface area contributed by atoms with Crippen molar-refractivity contribution < 1.29 is 13.9 Å². The quantitative estimate of drug-likeness (QED) is 0.460. The summed E-state index contributed by atoms with van der Waals surface area (Å²) in [6.07, 6.45) is 3.17. The maximum Gasteiger partial charge on any atom is 0.201 e. The number of nitrogens with one attached hydrogen (secondary N) is 1. The Labute approximate surface area is 164 Å². The van der Waals surface area contributed by atoms with Gasteiger partial charge in [0.25, 0.3) is 0 Å². The molecular weight excluding hydrogens is 374 g/mol. The standard InChI is InChI=1S/C22H16F2N4O/c1-12-15-5-4-13(9-20(15)27-26-12)14-7-18(23)17(19(24)8-14)10-28-11-21-16(22(28)29)3-2-6-25-21/h2-9,11,29H,10H2,1H3,(H,26,27). The molecule has 5 aromatic rings. The number of pyridine rings is 1. The number of H-pyrrole nitrogens is 1. The van der Waals surface area contributed by atoms with Crippen LogP contribution in [0.5, 0.6) is 5.88 Å². The van der Waals surface area contributed by atoms with E-state index in [-0.39, 0.29) is 18.0 Å². The van der Waals surface area contributed by atoms with E-state index in [4.69, 9.17) is 0 Å². The summed E-state index contributed by atoms with van der Waals surface area (Å²) in [6.45, 7) is 1.77. The van der Waals surface area contributed by atoms with Crippen LogP contribution in [0.15, 0.2) is 54.9 Å². The number of rotatable bonds is 3. The third kappa shape index (κ3) is 2.82. The van der Waals surface area contributed by atoms with Gasteiger partial charge in [-0.2, -0.15) is 5.10 Å². The van der Waals surface area contributed by atoms with E-state index in [0.717, 1.165) is 16.6 Å². The van der Waals surface area contributed by atoms with Crippen molar-refractivity contribution in [2.24, 2.45) is 0 Å². The van der Waals surface area contributed by atoms with Gasteiger partial charge in [0, 0.05) is 29.0 Å². The molecule has 0 saturated carbocycles. The van der Waals surface area contributed by atoms with Crippen LogP contribution in [0.25, 0.3) is 32.9 Å². The molecular formula is C22H16F2N4O. The average Bonchev–Trinajstić information content (AvgIpc) is 3.24. The van der Waals surface area contributed by atoms with Crippen LogP contribution in [-0.2, 0) is 6.54 Å². The summed E-state index contributed by atoms with van der Waals surface area (Å²) >= 11 is 0. The Balaban J connectivity index is 1.54. The zero-order chi connectivity index (χ0) is 20.1. The summed E-state index contributed by atoms with van der Waals surface area (Å²) in [5.41, 5.74) is 3.21. The van der Waals surface area contributed by atoms with Gasteiger partial charge in [-0.1, -0.05) is 12.1 Å². The molecule has 0 unspecified atom stereocenters. The van der Waals surface area contributed by atoms with Crippen molar-refractivity contribution in [3.05, 3.63) is 77.8 Å². The number of aryl methyl sites for hydroxylation is 1. The van der Waals surface area contributed by atoms with Crippen molar-refractivity contribution >= 4 is 21.8 Å². The summed E-state index contributed by atoms with van der Waals surface area (Å²) in [5, 5.41) is 18.9. The molecule has 7 heteroatoms. The number of hydrogen-bond acceptors (Lipinski definition) is 3. The predicted molar refractivity (Wildman–Crippen MR) is 107 cm³/mol. The summed E-state index contributed by atoms with van der Waals surface area (Å²) < 4.78 is 31.0. The molecule has 0 aliphatic heterocycles. The number of halogens is 2. The summed E-state index contributed by atoms with van der Waals surface area (Å²) in [7, 11) is 0. The van der Waals surface area contributed by atoms with Gasteiger partial charge in [0.1, 0.15) is 11.6 Å². The first kappa shape index (κ1) is 17.4. The summed E-state index contributed by atoms with van der Waals surface area (Å²) in [4.78, 5) is 4.15. The van der Waals surface area contributed by atoms with E-state index in [2.05, 4.69) is 15.2 Å². The van der Waals surface area contributed by atoms with Crippen molar-refractivity contribution in [1.29, 1.82) is 0 Å². The van der Waals surface area contributed by atoms with Gasteiger partial charge in [-0.15, -0.1) is 0 Å². The second kappa shape index (κ2) is 6.41. The molecule has 29 heavy (non-hydrogen) atoms. The largest absolute Gasteiger partial charge is 0.494 e. The third-order valence-corrected chi connectivity index (χ3v) is 5.18. The zero-order valence-electron chi connectivity index (χ0n) is 15.4. The molecule has 0 radical (unpaired) electrons. The minimum absolute atomic E-state index is 0.0738. The normalized spacial score (nSPS) is 11.6. The number of hydrogen-bond donors (Lipinski definition) is 2. The van der Waals surface area contributed by atoms with E-state index in [0.29, 0.717) is 22.0 Å². The average molecular weight is 390 g/mol. The van der Waals surface area contributed by atoms with Crippen molar-refractivity contribution in [3.8, 4) is 17.0 Å². The van der Waals surface area contributed by atoms with Crippen LogP contribution in [0.1, 0.15) is 11.3 Å². The molecule has 3 aromatic heterocycles. The maximum absolute atomic E-state index is 14.8. The number of aromatic hydroxyl groups is 1. The summed E-state index contributed by atoms with van der Waals surface area (Å²) in [5.74, 6) is -1.43. The maximum atomic E-state index is 14.8. The lowest BCUT2D eigenvalue weighted by atomic mass is 10.0. The van der Waals surface area contributed by atoms with Crippen LogP contribution in [0.4, 0.5) is 8.78 Å². The lowest BCUT2D eigenvalue weighted by Crippen LogP contribution is -2.04. The van der Waals surface area contributed by atoms with Crippen LogP contribution in [0.2, 0.25) is 0 Å². The lowest BCUT2D eigenvalue weighted by Gasteiger charge is -2.10. The van der Waals surface area contributed by atoms with Crippen molar-refractivity contribution in [1.82, 2.24) is 19.7 Å². The lowest BCUT2D eigenvalue weighted by molar-refractivity contribution is 0.425. The zero-order valence-corrected chi connectivity index (χ0v) is 15.4. The molecule has 144 valence electrons. The number of aromatic amines is 1. The second-order valence-electron chi connectivity index (χ2n) is 7.02. The molecule has 0 bridgehead atoms. The number of aromatic nitrogens is 4. The molecule has 3 heterocycles. The third-order valence-electron chi connectivity index (χ3n) is 5.18. The molecule has 5 rings (SSSR count). The number of fused-ring (bicyclic) bond motifs is 2. The van der Waals surface area contributed by atoms with Gasteiger partial charge >= 0.3 is 0 Å². The highest BCUT2D eigenvalue weighted by Crippen LogP contribution is 2.30. The Bertz CT molecular complexity index is 1360. The second-order valence-corrected chi connectivity index (χ2v) is 7.02. The predicted octanol–water partition coefficient (Wildman–Crippen LogP) is 4.92. The smallest absolute Gasteiger partial charge is 0.201 e. The molecule has 5 nitrogen and oxygen atoms in total. The highest BCUT2D eigenvalue weighted by molar-refractivity contribution is 5.86. The Hall–Kier alpha value is -3.74. The first-order valence-corrected chi connectivity index (χ1v) is 9.07. The van der Waals surface area contributed by atoms with Crippen molar-refractivity contribution in [2.75, 3.05) is 0 Å². The van der Waals surface area contributed by atoms with Crippen LogP contribution in [-0.4, -0.2) is 24.9 Å². The Morgan fingerprint density at radius 1 is 1.00 bits per heavy atom. The first-order chi connectivity index (χ1) is 14.0. The van der Waals surface area contributed by atoms with Crippen molar-refractivity contribution in [3.63, 3.8) is 0 Å². The molecule has 2 aromatic carbocycles. The van der Waals surface area contributed by atoms with Crippen LogP contribution in [0, 0.1) is 18.6 Å². The van der Waals surface area contributed by atoms with Gasteiger partial charge in [-0.05, 0) is 48.4 Å². The van der Waals surface area contributed by atoms with Gasteiger partial charge < -0.3 is 9.67 Å². The summed E-state index contributed by atoms with van der Waals surface area (Å²) in [6, 6.07) is 11.5. The molecule has 0 atom stereocenters. The minimum Gasteiger partial charge on any atom is -0.494 e. The van der Waals surface area contributed by atoms with Crippen LogP contribution < -0.4 is 0 Å². The molecule has 0 fully saturated rings. The fraction of sp³-hybridized carbons (Fsp3) is 0.0909. The fourth-order valence-corrected chi connectivity index (χ4v) is 3.61. The minimum atomic E-state index is -0.677. The highest BCUT2D eigenvalue weighted by Gasteiger charge is 2.16. The Morgan fingerprint density at radius 3 is 2.55 bits per heavy atom. The molecule has 0 aliphatic rings. The Kier molecular flexibility index (Phi) is 3.84. The number of nitrogens with zero attached hydrogens (tertiary/aromatic N) is 3. The topological polar surface area (TPSA) is 66.7 Å². The van der Waals surface area contributed by atoms with E-state index < -0.39 is 11.6 Å². The van der Waals surface area contributed by atoms with Crippen molar-refractivity contribution in [2.45, 2.75) is 13.5 Å². The molecule has 0 aliphatic carbocycles. The van der Waals surface area contributed by atoms with Gasteiger partial charge in [0.05, 0.1) is 23.0 Å². The first-order valence-electron chi connectivity index (χ1n) is 9.07. The van der Waals surface area contributed by atoms with E-state index in [1.807, 2.05) is 19.1 Å². The van der Waals surface area contributed by atoms with Gasteiger partial charge in [0.2, 0.25) is 5.88 Å². The van der Waals surface area contributed by atoms with Gasteiger partial charge in [-0.3, -0.25) is 10.1 Å². The molecule has 2 N–H and O–H groups in total. The van der Waals surface area contributed by atoms with E-state index in [1.165, 1.54) is 16.7 Å².